The van der Waals surface area contributed by atoms with Crippen molar-refractivity contribution in [1.82, 2.24) is 9.97 Å². The summed E-state index contributed by atoms with van der Waals surface area (Å²) >= 11 is 0. The molecule has 1 aromatic rings. The van der Waals surface area contributed by atoms with Gasteiger partial charge in [0.1, 0.15) is 11.2 Å². The van der Waals surface area contributed by atoms with Gasteiger partial charge in [-0.3, -0.25) is 0 Å². The molecular weight excluding hydrogens is 164 g/mol. The molecule has 0 amide bonds. The van der Waals surface area contributed by atoms with Crippen LogP contribution in [0.5, 0.6) is 0 Å². The zero-order chi connectivity index (χ0) is 8.48. The molecular formula is C6H8N2O2S. The first-order valence-corrected chi connectivity index (χ1v) is 4.87. The highest BCUT2D eigenvalue weighted by Crippen LogP contribution is 2.08. The molecule has 0 spiro atoms. The first-order valence-electron chi connectivity index (χ1n) is 2.98. The molecule has 0 bridgehead atoms. The largest absolute Gasteiger partial charge is 0.243 e. The standard InChI is InChI=1S/C6H8N2O2S/c1-5-6(11(2,9)10)3-7-4-8-5/h3-4H,1-2H3. The average molecular weight is 172 g/mol. The summed E-state index contributed by atoms with van der Waals surface area (Å²) in [7, 11) is -3.16. The number of sulfone groups is 1. The van der Waals surface area contributed by atoms with Gasteiger partial charge in [0.05, 0.1) is 5.69 Å². The molecule has 0 fully saturated rings. The van der Waals surface area contributed by atoms with Gasteiger partial charge in [0.15, 0.2) is 9.84 Å². The molecule has 0 N–H and O–H groups in total. The second-order valence-electron chi connectivity index (χ2n) is 2.24. The Balaban J connectivity index is 3.37. The Morgan fingerprint density at radius 1 is 1.45 bits per heavy atom. The van der Waals surface area contributed by atoms with E-state index in [4.69, 9.17) is 0 Å². The van der Waals surface area contributed by atoms with E-state index in [2.05, 4.69) is 9.97 Å². The van der Waals surface area contributed by atoms with E-state index >= 15 is 0 Å². The Morgan fingerprint density at radius 2 is 2.09 bits per heavy atom. The lowest BCUT2D eigenvalue weighted by atomic mass is 10.5. The third kappa shape index (κ3) is 1.74. The van der Waals surface area contributed by atoms with E-state index in [1.807, 2.05) is 0 Å². The second-order valence-corrected chi connectivity index (χ2v) is 4.23. The zero-order valence-electron chi connectivity index (χ0n) is 6.27. The minimum absolute atomic E-state index is 0.194. The van der Waals surface area contributed by atoms with Crippen molar-refractivity contribution >= 4 is 9.84 Å². The fraction of sp³-hybridized carbons (Fsp3) is 0.333. The lowest BCUT2D eigenvalue weighted by Crippen LogP contribution is -2.01. The molecule has 4 nitrogen and oxygen atoms in total. The van der Waals surface area contributed by atoms with E-state index < -0.39 is 9.84 Å². The van der Waals surface area contributed by atoms with Gasteiger partial charge in [0.2, 0.25) is 0 Å². The van der Waals surface area contributed by atoms with Crippen LogP contribution >= 0.6 is 0 Å². The number of hydrogen-bond acceptors (Lipinski definition) is 4. The summed E-state index contributed by atoms with van der Waals surface area (Å²) in [5.41, 5.74) is 0.488. The molecule has 0 aliphatic heterocycles. The van der Waals surface area contributed by atoms with Crippen LogP contribution in [0, 0.1) is 6.92 Å². The molecule has 0 aromatic carbocycles. The smallest absolute Gasteiger partial charge is 0.178 e. The summed E-state index contributed by atoms with van der Waals surface area (Å²) in [5, 5.41) is 0. The lowest BCUT2D eigenvalue weighted by Gasteiger charge is -1.98. The van der Waals surface area contributed by atoms with E-state index in [-0.39, 0.29) is 4.90 Å². The summed E-state index contributed by atoms with van der Waals surface area (Å²) in [6, 6.07) is 0. The number of aromatic nitrogens is 2. The summed E-state index contributed by atoms with van der Waals surface area (Å²) in [4.78, 5) is 7.57. The topological polar surface area (TPSA) is 59.9 Å². The van der Waals surface area contributed by atoms with E-state index in [1.54, 1.807) is 6.92 Å². The van der Waals surface area contributed by atoms with Crippen LogP contribution in [0.2, 0.25) is 0 Å². The van der Waals surface area contributed by atoms with Crippen molar-refractivity contribution in [2.75, 3.05) is 6.26 Å². The molecule has 1 heterocycles. The molecule has 1 aromatic heterocycles. The highest BCUT2D eigenvalue weighted by molar-refractivity contribution is 7.90. The summed E-state index contributed by atoms with van der Waals surface area (Å²) in [6.45, 7) is 1.64. The zero-order valence-corrected chi connectivity index (χ0v) is 7.09. The first kappa shape index (κ1) is 8.13. The lowest BCUT2D eigenvalue weighted by molar-refractivity contribution is 0.600. The Hall–Kier alpha value is -0.970. The third-order valence-corrected chi connectivity index (χ3v) is 2.47. The van der Waals surface area contributed by atoms with Gasteiger partial charge in [0.25, 0.3) is 0 Å². The Morgan fingerprint density at radius 3 is 2.45 bits per heavy atom. The summed E-state index contributed by atoms with van der Waals surface area (Å²) in [5.74, 6) is 0. The third-order valence-electron chi connectivity index (χ3n) is 1.27. The van der Waals surface area contributed by atoms with Crippen LogP contribution in [-0.4, -0.2) is 24.6 Å². The maximum atomic E-state index is 11.0. The van der Waals surface area contributed by atoms with Crippen molar-refractivity contribution in [1.29, 1.82) is 0 Å². The van der Waals surface area contributed by atoms with Crippen LogP contribution in [0.15, 0.2) is 17.4 Å². The van der Waals surface area contributed by atoms with Gasteiger partial charge in [0, 0.05) is 12.5 Å². The molecule has 11 heavy (non-hydrogen) atoms. The average Bonchev–Trinajstić information content (AvgIpc) is 1.86. The van der Waals surface area contributed by atoms with Gasteiger partial charge in [-0.05, 0) is 6.92 Å². The number of rotatable bonds is 1. The van der Waals surface area contributed by atoms with Gasteiger partial charge in [-0.25, -0.2) is 18.4 Å². The molecule has 0 saturated heterocycles. The van der Waals surface area contributed by atoms with E-state index in [1.165, 1.54) is 12.5 Å². The van der Waals surface area contributed by atoms with Crippen molar-refractivity contribution in [3.8, 4) is 0 Å². The molecule has 0 aliphatic rings. The van der Waals surface area contributed by atoms with Crippen LogP contribution in [0.25, 0.3) is 0 Å². The van der Waals surface area contributed by atoms with Gasteiger partial charge in [-0.15, -0.1) is 0 Å². The minimum atomic E-state index is -3.16. The minimum Gasteiger partial charge on any atom is -0.243 e. The van der Waals surface area contributed by atoms with E-state index in [9.17, 15) is 8.42 Å². The fourth-order valence-corrected chi connectivity index (χ4v) is 1.58. The predicted octanol–water partition coefficient (Wildman–Crippen LogP) is 0.189. The Kier molecular flexibility index (Phi) is 1.90. The maximum Gasteiger partial charge on any atom is 0.178 e. The summed E-state index contributed by atoms with van der Waals surface area (Å²) in [6.07, 6.45) is 3.76. The van der Waals surface area contributed by atoms with E-state index in [0.29, 0.717) is 5.69 Å². The van der Waals surface area contributed by atoms with Crippen molar-refractivity contribution in [3.05, 3.63) is 18.2 Å². The SMILES string of the molecule is Cc1ncncc1S(C)(=O)=O. The first-order chi connectivity index (χ1) is 5.02. The molecule has 0 unspecified atom stereocenters. The quantitative estimate of drug-likeness (QED) is 0.606. The van der Waals surface area contributed by atoms with Gasteiger partial charge in [-0.2, -0.15) is 0 Å². The highest BCUT2D eigenvalue weighted by Gasteiger charge is 2.10. The molecule has 0 radical (unpaired) electrons. The van der Waals surface area contributed by atoms with Gasteiger partial charge >= 0.3 is 0 Å². The molecule has 0 aliphatic carbocycles. The van der Waals surface area contributed by atoms with Crippen LogP contribution in [-0.2, 0) is 9.84 Å². The molecule has 60 valence electrons. The van der Waals surface area contributed by atoms with E-state index in [0.717, 1.165) is 6.26 Å². The number of hydrogen-bond donors (Lipinski definition) is 0. The van der Waals surface area contributed by atoms with Gasteiger partial charge in [-0.1, -0.05) is 0 Å². The fourth-order valence-electron chi connectivity index (χ4n) is 0.742. The molecule has 1 rings (SSSR count). The van der Waals surface area contributed by atoms with Crippen LogP contribution in [0.1, 0.15) is 5.69 Å². The number of aryl methyl sites for hydroxylation is 1. The highest BCUT2D eigenvalue weighted by atomic mass is 32.2. The van der Waals surface area contributed by atoms with Crippen LogP contribution < -0.4 is 0 Å². The van der Waals surface area contributed by atoms with Gasteiger partial charge < -0.3 is 0 Å². The Labute approximate surface area is 65.2 Å². The van der Waals surface area contributed by atoms with Crippen molar-refractivity contribution < 1.29 is 8.42 Å². The van der Waals surface area contributed by atoms with Crippen LogP contribution in [0.3, 0.4) is 0 Å². The number of nitrogens with zero attached hydrogens (tertiary/aromatic N) is 2. The predicted molar refractivity (Wildman–Crippen MR) is 39.9 cm³/mol. The van der Waals surface area contributed by atoms with Crippen molar-refractivity contribution in [2.24, 2.45) is 0 Å². The molecule has 0 saturated carbocycles. The van der Waals surface area contributed by atoms with Crippen molar-refractivity contribution in [2.45, 2.75) is 11.8 Å². The summed E-state index contributed by atoms with van der Waals surface area (Å²) < 4.78 is 21.9. The molecule has 5 heteroatoms. The monoisotopic (exact) mass is 172 g/mol. The second kappa shape index (κ2) is 2.58. The maximum absolute atomic E-state index is 11.0. The molecule has 0 atom stereocenters. The van der Waals surface area contributed by atoms with Crippen LogP contribution in [0.4, 0.5) is 0 Å². The van der Waals surface area contributed by atoms with Crippen molar-refractivity contribution in [3.63, 3.8) is 0 Å². The normalized spacial score (nSPS) is 11.5. The Bertz CT molecular complexity index is 359.